The van der Waals surface area contributed by atoms with Crippen LogP contribution >= 0.6 is 23.2 Å². The van der Waals surface area contributed by atoms with Crippen LogP contribution in [0.5, 0.6) is 0 Å². The molecule has 0 spiro atoms. The van der Waals surface area contributed by atoms with E-state index in [4.69, 9.17) is 28.9 Å². The van der Waals surface area contributed by atoms with E-state index in [1.165, 1.54) is 15.6 Å². The molecule has 0 radical (unpaired) electrons. The van der Waals surface area contributed by atoms with Gasteiger partial charge in [-0.05, 0) is 18.1 Å². The molecular weight excluding hydrogens is 456 g/mol. The number of benzene rings is 1. The molecule has 6 nitrogen and oxygen atoms in total. The van der Waals surface area contributed by atoms with E-state index >= 15 is 0 Å². The van der Waals surface area contributed by atoms with E-state index in [0.29, 0.717) is 16.3 Å². The Morgan fingerprint density at radius 3 is 2.52 bits per heavy atom. The van der Waals surface area contributed by atoms with Gasteiger partial charge < -0.3 is 10.6 Å². The highest BCUT2D eigenvalue weighted by molar-refractivity contribution is 6.42. The summed E-state index contributed by atoms with van der Waals surface area (Å²) < 4.78 is 41.4. The van der Waals surface area contributed by atoms with E-state index < -0.39 is 30.5 Å². The number of nitrogens with two attached hydrogens (primary N) is 1. The van der Waals surface area contributed by atoms with Crippen molar-refractivity contribution in [3.05, 3.63) is 39.5 Å². The minimum Gasteiger partial charge on any atom is -0.365 e. The van der Waals surface area contributed by atoms with Crippen LogP contribution in [0.1, 0.15) is 41.4 Å². The number of fused-ring (bicyclic) bond motifs is 1. The molecule has 1 aliphatic carbocycles. The Bertz CT molecular complexity index is 1050. The second-order valence-electron chi connectivity index (χ2n) is 8.02. The summed E-state index contributed by atoms with van der Waals surface area (Å²) in [5.74, 6) is -4.27. The van der Waals surface area contributed by atoms with E-state index in [-0.39, 0.29) is 54.5 Å². The number of primary amides is 1. The first-order valence-electron chi connectivity index (χ1n) is 9.68. The van der Waals surface area contributed by atoms with Crippen LogP contribution in [-0.2, 0) is 11.3 Å². The van der Waals surface area contributed by atoms with Crippen LogP contribution in [0.15, 0.2) is 18.2 Å². The number of hydrogen-bond acceptors (Lipinski definition) is 3. The Balaban J connectivity index is 1.67. The van der Waals surface area contributed by atoms with Gasteiger partial charge in [0.15, 0.2) is 0 Å². The van der Waals surface area contributed by atoms with Gasteiger partial charge in [-0.1, -0.05) is 29.3 Å². The molecule has 4 rings (SSSR count). The fraction of sp³-hybridized carbons (Fsp3) is 0.450. The Hall–Kier alpha value is -2.26. The second-order valence-corrected chi connectivity index (χ2v) is 8.84. The lowest BCUT2D eigenvalue weighted by molar-refractivity contribution is -0.143. The molecule has 1 atom stereocenters. The molecule has 2 N–H and O–H groups in total. The summed E-state index contributed by atoms with van der Waals surface area (Å²) in [6, 6.07) is 3.85. The maximum atomic E-state index is 13.8. The Morgan fingerprint density at radius 1 is 1.23 bits per heavy atom. The maximum absolute atomic E-state index is 13.8. The summed E-state index contributed by atoms with van der Waals surface area (Å²) in [7, 11) is 0. The molecular formula is C20H19Cl2F3N4O2. The number of carbonyl (C=O) groups is 2. The number of rotatable bonds is 5. The van der Waals surface area contributed by atoms with Crippen molar-refractivity contribution in [1.29, 1.82) is 0 Å². The van der Waals surface area contributed by atoms with Gasteiger partial charge in [-0.15, -0.1) is 0 Å². The van der Waals surface area contributed by atoms with Gasteiger partial charge in [0, 0.05) is 31.4 Å². The molecule has 1 aromatic heterocycles. The van der Waals surface area contributed by atoms with Gasteiger partial charge in [0.25, 0.3) is 5.91 Å². The highest BCUT2D eigenvalue weighted by Gasteiger charge is 2.46. The first kappa shape index (κ1) is 22.0. The predicted molar refractivity (Wildman–Crippen MR) is 109 cm³/mol. The Labute approximate surface area is 186 Å². The average molecular weight is 475 g/mol. The summed E-state index contributed by atoms with van der Waals surface area (Å²) in [4.78, 5) is 26.4. The second kappa shape index (κ2) is 8.02. The molecule has 2 aromatic rings. The van der Waals surface area contributed by atoms with Crippen molar-refractivity contribution in [3.8, 4) is 11.3 Å². The maximum Gasteiger partial charge on any atom is 0.252 e. The third kappa shape index (κ3) is 4.13. The molecule has 1 aromatic carbocycles. The van der Waals surface area contributed by atoms with Crippen molar-refractivity contribution >= 4 is 35.0 Å². The van der Waals surface area contributed by atoms with Crippen molar-refractivity contribution < 1.29 is 22.8 Å². The lowest BCUT2D eigenvalue weighted by Gasteiger charge is -2.37. The molecule has 1 fully saturated rings. The van der Waals surface area contributed by atoms with Crippen LogP contribution < -0.4 is 5.73 Å². The van der Waals surface area contributed by atoms with E-state index in [2.05, 4.69) is 5.10 Å². The van der Waals surface area contributed by atoms with Crippen LogP contribution in [0, 0.1) is 5.92 Å². The van der Waals surface area contributed by atoms with Crippen LogP contribution in [-0.4, -0.2) is 45.6 Å². The molecule has 1 aliphatic heterocycles. The van der Waals surface area contributed by atoms with Crippen molar-refractivity contribution in [2.45, 2.75) is 37.8 Å². The highest BCUT2D eigenvalue weighted by Crippen LogP contribution is 2.44. The van der Waals surface area contributed by atoms with E-state index in [1.807, 2.05) is 0 Å². The lowest BCUT2D eigenvalue weighted by atomic mass is 9.79. The number of halogens is 5. The zero-order valence-corrected chi connectivity index (χ0v) is 17.8. The first-order valence-corrected chi connectivity index (χ1v) is 10.4. The third-order valence-corrected chi connectivity index (χ3v) is 6.47. The van der Waals surface area contributed by atoms with Crippen LogP contribution in [0.25, 0.3) is 11.3 Å². The van der Waals surface area contributed by atoms with Gasteiger partial charge in [-0.2, -0.15) is 5.10 Å². The molecule has 1 saturated carbocycles. The van der Waals surface area contributed by atoms with Crippen molar-refractivity contribution in [2.75, 3.05) is 13.2 Å². The molecule has 0 saturated heterocycles. The minimum absolute atomic E-state index is 0.0200. The smallest absolute Gasteiger partial charge is 0.252 e. The largest absolute Gasteiger partial charge is 0.365 e. The quantitative estimate of drug-likeness (QED) is 0.703. The third-order valence-electron chi connectivity index (χ3n) is 5.74. The molecule has 2 heterocycles. The van der Waals surface area contributed by atoms with Crippen LogP contribution in [0.4, 0.5) is 13.2 Å². The monoisotopic (exact) mass is 474 g/mol. The van der Waals surface area contributed by atoms with Crippen molar-refractivity contribution in [3.63, 3.8) is 0 Å². The molecule has 2 amide bonds. The summed E-state index contributed by atoms with van der Waals surface area (Å²) in [5.41, 5.74) is 6.65. The zero-order chi connectivity index (χ0) is 22.5. The minimum atomic E-state index is -2.72. The normalized spacial score (nSPS) is 20.3. The van der Waals surface area contributed by atoms with Crippen LogP contribution in [0.3, 0.4) is 0 Å². The molecule has 0 unspecified atom stereocenters. The Kier molecular flexibility index (Phi) is 5.68. The van der Waals surface area contributed by atoms with E-state index in [1.54, 1.807) is 12.1 Å². The molecule has 11 heteroatoms. The summed E-state index contributed by atoms with van der Waals surface area (Å²) in [6.45, 7) is -0.837. The van der Waals surface area contributed by atoms with Crippen molar-refractivity contribution in [1.82, 2.24) is 14.7 Å². The van der Waals surface area contributed by atoms with Gasteiger partial charge in [-0.25, -0.2) is 13.2 Å². The summed E-state index contributed by atoms with van der Waals surface area (Å²) >= 11 is 12.0. The summed E-state index contributed by atoms with van der Waals surface area (Å²) in [6.07, 6.45) is -0.704. The van der Waals surface area contributed by atoms with Gasteiger partial charge in [0.2, 0.25) is 11.8 Å². The topological polar surface area (TPSA) is 81.2 Å². The van der Waals surface area contributed by atoms with E-state index in [0.717, 1.165) is 0 Å². The standard InChI is InChI=1S/C20H19Cl2F3N4O2/c21-13-2-1-11(4-14(13)22)18-17(19(26)31)15-9-28(8-12(7-23)29(15)27-18)16(30)3-10-5-20(24,25)6-10/h1-2,4,10,12H,3,5-9H2,(H2,26,31)/t12-/m0/s1. The molecule has 31 heavy (non-hydrogen) atoms. The van der Waals surface area contributed by atoms with Gasteiger partial charge in [-0.3, -0.25) is 14.3 Å². The number of aromatic nitrogens is 2. The van der Waals surface area contributed by atoms with Gasteiger partial charge in [0.05, 0.1) is 33.9 Å². The average Bonchev–Trinajstić information content (AvgIpc) is 3.07. The highest BCUT2D eigenvalue weighted by atomic mass is 35.5. The lowest BCUT2D eigenvalue weighted by Crippen LogP contribution is -2.45. The zero-order valence-electron chi connectivity index (χ0n) is 16.3. The first-order chi connectivity index (χ1) is 14.6. The van der Waals surface area contributed by atoms with E-state index in [9.17, 15) is 22.8 Å². The number of hydrogen-bond donors (Lipinski definition) is 1. The SMILES string of the molecule is NC(=O)c1c(-c2ccc(Cl)c(Cl)c2)nn2c1CN(C(=O)CC1CC(F)(F)C1)C[C@@H]2CF. The number of amides is 2. The van der Waals surface area contributed by atoms with Gasteiger partial charge in [0.1, 0.15) is 12.4 Å². The number of alkyl halides is 3. The molecule has 0 bridgehead atoms. The Morgan fingerprint density at radius 2 is 1.94 bits per heavy atom. The summed E-state index contributed by atoms with van der Waals surface area (Å²) in [5, 5.41) is 4.97. The number of carbonyl (C=O) groups excluding carboxylic acids is 2. The number of nitrogens with zero attached hydrogens (tertiary/aromatic N) is 3. The van der Waals surface area contributed by atoms with Gasteiger partial charge >= 0.3 is 0 Å². The van der Waals surface area contributed by atoms with Crippen molar-refractivity contribution in [2.24, 2.45) is 11.7 Å². The fourth-order valence-electron chi connectivity index (χ4n) is 4.21. The molecule has 2 aliphatic rings. The predicted octanol–water partition coefficient (Wildman–Crippen LogP) is 4.24. The molecule has 166 valence electrons. The fourth-order valence-corrected chi connectivity index (χ4v) is 4.51. The van der Waals surface area contributed by atoms with Crippen LogP contribution in [0.2, 0.25) is 10.0 Å².